The Morgan fingerprint density at radius 2 is 2.12 bits per heavy atom. The molecule has 1 unspecified atom stereocenters. The van der Waals surface area contributed by atoms with Gasteiger partial charge in [-0.25, -0.2) is 0 Å². The van der Waals surface area contributed by atoms with Crippen LogP contribution < -0.4 is 0 Å². The number of benzene rings is 1. The Morgan fingerprint density at radius 3 is 2.88 bits per heavy atom. The van der Waals surface area contributed by atoms with Crippen molar-refractivity contribution < 1.29 is 4.79 Å². The third-order valence-corrected chi connectivity index (χ3v) is 3.44. The molecule has 0 N–H and O–H groups in total. The number of hydrogen-bond donors (Lipinski definition) is 0. The van der Waals surface area contributed by atoms with Gasteiger partial charge in [0.1, 0.15) is 0 Å². The summed E-state index contributed by atoms with van der Waals surface area (Å²) in [6.45, 7) is 7.86. The number of rotatable bonds is 3. The molecule has 0 spiro atoms. The summed E-state index contributed by atoms with van der Waals surface area (Å²) < 4.78 is 0. The lowest BCUT2D eigenvalue weighted by Crippen LogP contribution is -2.33. The fraction of sp³-hybridized carbons (Fsp3) is 0.333. The lowest BCUT2D eigenvalue weighted by molar-refractivity contribution is 0.0810. The van der Waals surface area contributed by atoms with Gasteiger partial charge in [0.15, 0.2) is 5.78 Å². The molecule has 0 saturated carbocycles. The summed E-state index contributed by atoms with van der Waals surface area (Å²) in [6.07, 6.45) is 5.35. The minimum absolute atomic E-state index is 0.205. The van der Waals surface area contributed by atoms with E-state index in [-0.39, 0.29) is 5.78 Å². The summed E-state index contributed by atoms with van der Waals surface area (Å²) in [5.41, 5.74) is 1.61. The quantitative estimate of drug-likeness (QED) is 0.701. The highest BCUT2D eigenvalue weighted by molar-refractivity contribution is 6.03. The monoisotopic (exact) mass is 213 g/mol. The summed E-state index contributed by atoms with van der Waals surface area (Å²) in [6, 6.07) is 7.88. The van der Waals surface area contributed by atoms with E-state index in [0.29, 0.717) is 0 Å². The van der Waals surface area contributed by atoms with Gasteiger partial charge in [0.05, 0.1) is 0 Å². The van der Waals surface area contributed by atoms with E-state index in [2.05, 4.69) is 13.5 Å². The number of carbonyl (C=O) groups is 1. The molecular weight excluding hydrogens is 196 g/mol. The van der Waals surface area contributed by atoms with E-state index < -0.39 is 5.41 Å². The van der Waals surface area contributed by atoms with Crippen LogP contribution in [0, 0.1) is 12.3 Å². The van der Waals surface area contributed by atoms with E-state index in [1.165, 1.54) is 5.56 Å². The Kier molecular flexibility index (Phi) is 2.95. The zero-order chi connectivity index (χ0) is 11.6. The molecule has 1 atom stereocenters. The van der Waals surface area contributed by atoms with Crippen LogP contribution >= 0.6 is 0 Å². The molecule has 1 aromatic carbocycles. The highest BCUT2D eigenvalue weighted by atomic mass is 16.1. The maximum atomic E-state index is 12.3. The fourth-order valence-electron chi connectivity index (χ4n) is 2.35. The van der Waals surface area contributed by atoms with Gasteiger partial charge in [-0.05, 0) is 38.2 Å². The SMILES string of the molecule is [CH2]C1(CCC=C)CCc2ccccc2C1=O. The Balaban J connectivity index is 2.30. The van der Waals surface area contributed by atoms with Crippen LogP contribution in [0.4, 0.5) is 0 Å². The van der Waals surface area contributed by atoms with Crippen molar-refractivity contribution in [2.45, 2.75) is 25.7 Å². The molecule has 1 nitrogen and oxygen atoms in total. The van der Waals surface area contributed by atoms with Crippen molar-refractivity contribution in [3.05, 3.63) is 55.0 Å². The first-order chi connectivity index (χ1) is 7.67. The van der Waals surface area contributed by atoms with Crippen LogP contribution in [0.15, 0.2) is 36.9 Å². The maximum Gasteiger partial charge on any atom is 0.169 e. The minimum atomic E-state index is -0.428. The van der Waals surface area contributed by atoms with Crippen LogP contribution in [0.2, 0.25) is 0 Å². The van der Waals surface area contributed by atoms with Crippen molar-refractivity contribution in [2.24, 2.45) is 5.41 Å². The molecule has 83 valence electrons. The van der Waals surface area contributed by atoms with Crippen LogP contribution in [0.5, 0.6) is 0 Å². The number of Topliss-reactive ketones (excluding diaryl/α,β-unsaturated/α-hetero) is 1. The van der Waals surface area contributed by atoms with Crippen molar-refractivity contribution in [1.29, 1.82) is 0 Å². The number of hydrogen-bond acceptors (Lipinski definition) is 1. The summed E-state index contributed by atoms with van der Waals surface area (Å²) >= 11 is 0. The second-order valence-corrected chi connectivity index (χ2v) is 4.59. The van der Waals surface area contributed by atoms with Gasteiger partial charge in [-0.3, -0.25) is 4.79 Å². The first kappa shape index (κ1) is 11.1. The number of carbonyl (C=O) groups excluding carboxylic acids is 1. The van der Waals surface area contributed by atoms with Gasteiger partial charge in [-0.15, -0.1) is 6.58 Å². The van der Waals surface area contributed by atoms with Crippen molar-refractivity contribution in [2.75, 3.05) is 0 Å². The molecule has 1 aromatic rings. The highest BCUT2D eigenvalue weighted by Gasteiger charge is 2.37. The van der Waals surface area contributed by atoms with Gasteiger partial charge in [-0.1, -0.05) is 30.3 Å². The molecule has 0 aromatic heterocycles. The largest absolute Gasteiger partial charge is 0.294 e. The van der Waals surface area contributed by atoms with E-state index >= 15 is 0 Å². The average molecular weight is 213 g/mol. The van der Waals surface area contributed by atoms with Crippen LogP contribution in [0.1, 0.15) is 35.2 Å². The summed E-state index contributed by atoms with van der Waals surface area (Å²) in [7, 11) is 0. The van der Waals surface area contributed by atoms with E-state index in [4.69, 9.17) is 0 Å². The highest BCUT2D eigenvalue weighted by Crippen LogP contribution is 2.38. The third-order valence-electron chi connectivity index (χ3n) is 3.44. The van der Waals surface area contributed by atoms with Gasteiger partial charge in [0.25, 0.3) is 0 Å². The molecule has 1 aliphatic carbocycles. The molecule has 0 fully saturated rings. The van der Waals surface area contributed by atoms with Crippen LogP contribution in [0.25, 0.3) is 0 Å². The molecular formula is C15H17O. The van der Waals surface area contributed by atoms with Gasteiger partial charge in [0, 0.05) is 11.0 Å². The fourth-order valence-corrected chi connectivity index (χ4v) is 2.35. The normalized spacial score (nSPS) is 23.9. The van der Waals surface area contributed by atoms with E-state index in [1.54, 1.807) is 0 Å². The zero-order valence-electron chi connectivity index (χ0n) is 9.54. The van der Waals surface area contributed by atoms with Gasteiger partial charge >= 0.3 is 0 Å². The zero-order valence-corrected chi connectivity index (χ0v) is 9.54. The Bertz CT molecular complexity index is 419. The molecule has 0 bridgehead atoms. The lowest BCUT2D eigenvalue weighted by Gasteiger charge is -2.32. The Hall–Kier alpha value is -1.37. The number of allylic oxidation sites excluding steroid dienone is 1. The van der Waals surface area contributed by atoms with Crippen molar-refractivity contribution >= 4 is 5.78 Å². The lowest BCUT2D eigenvalue weighted by atomic mass is 9.69. The van der Waals surface area contributed by atoms with Gasteiger partial charge in [0.2, 0.25) is 0 Å². The van der Waals surface area contributed by atoms with Gasteiger partial charge < -0.3 is 0 Å². The topological polar surface area (TPSA) is 17.1 Å². The predicted octanol–water partition coefficient (Wildman–Crippen LogP) is 3.60. The Morgan fingerprint density at radius 1 is 1.38 bits per heavy atom. The number of aryl methyl sites for hydroxylation is 1. The summed E-state index contributed by atoms with van der Waals surface area (Å²) in [5.74, 6) is 0.205. The second kappa shape index (κ2) is 4.25. The molecule has 0 saturated heterocycles. The number of fused-ring (bicyclic) bond motifs is 1. The predicted molar refractivity (Wildman–Crippen MR) is 66.3 cm³/mol. The summed E-state index contributed by atoms with van der Waals surface area (Å²) in [4.78, 5) is 12.3. The van der Waals surface area contributed by atoms with E-state index in [0.717, 1.165) is 31.2 Å². The van der Waals surface area contributed by atoms with Crippen LogP contribution in [-0.4, -0.2) is 5.78 Å². The third kappa shape index (κ3) is 1.82. The average Bonchev–Trinajstić information content (AvgIpc) is 2.32. The molecule has 2 rings (SSSR count). The standard InChI is InChI=1S/C15H17O/c1-3-4-10-15(2)11-9-12-7-5-6-8-13(12)14(15)16/h3,5-8H,1-2,4,9-11H2. The van der Waals surface area contributed by atoms with Crippen LogP contribution in [-0.2, 0) is 6.42 Å². The first-order valence-corrected chi connectivity index (χ1v) is 5.76. The molecule has 0 heterocycles. The molecule has 0 amide bonds. The maximum absolute atomic E-state index is 12.3. The molecule has 0 aliphatic heterocycles. The summed E-state index contributed by atoms with van der Waals surface area (Å²) in [5, 5.41) is 0. The minimum Gasteiger partial charge on any atom is -0.294 e. The van der Waals surface area contributed by atoms with Gasteiger partial charge in [-0.2, -0.15) is 0 Å². The van der Waals surface area contributed by atoms with Crippen molar-refractivity contribution in [3.8, 4) is 0 Å². The second-order valence-electron chi connectivity index (χ2n) is 4.59. The number of ketones is 1. The van der Waals surface area contributed by atoms with E-state index in [9.17, 15) is 4.79 Å². The molecule has 1 aliphatic rings. The first-order valence-electron chi connectivity index (χ1n) is 5.76. The molecule has 16 heavy (non-hydrogen) atoms. The molecule has 1 heteroatoms. The molecule has 1 radical (unpaired) electrons. The van der Waals surface area contributed by atoms with Crippen LogP contribution in [0.3, 0.4) is 0 Å². The smallest absolute Gasteiger partial charge is 0.169 e. The van der Waals surface area contributed by atoms with Crippen molar-refractivity contribution in [3.63, 3.8) is 0 Å². The van der Waals surface area contributed by atoms with E-state index in [1.807, 2.05) is 30.3 Å². The van der Waals surface area contributed by atoms with Crippen molar-refractivity contribution in [1.82, 2.24) is 0 Å². The Labute approximate surface area is 97.2 Å².